The molecule has 0 aliphatic rings. The van der Waals surface area contributed by atoms with E-state index in [1.54, 1.807) is 6.20 Å². The first kappa shape index (κ1) is 12.7. The van der Waals surface area contributed by atoms with Gasteiger partial charge in [-0.2, -0.15) is 4.98 Å². The Kier molecular flexibility index (Phi) is 4.06. The molecule has 0 atom stereocenters. The van der Waals surface area contributed by atoms with Crippen molar-refractivity contribution >= 4 is 11.8 Å². The first-order chi connectivity index (χ1) is 7.50. The van der Waals surface area contributed by atoms with Gasteiger partial charge in [-0.05, 0) is 19.8 Å². The van der Waals surface area contributed by atoms with E-state index in [1.807, 2.05) is 20.8 Å². The minimum Gasteiger partial charge on any atom is -0.388 e. The molecule has 1 heterocycles. The van der Waals surface area contributed by atoms with Gasteiger partial charge in [0.05, 0.1) is 5.60 Å². The highest BCUT2D eigenvalue weighted by Gasteiger charge is 2.22. The lowest BCUT2D eigenvalue weighted by atomic mass is 9.97. The molecule has 4 N–H and O–H groups in total. The first-order valence-corrected chi connectivity index (χ1v) is 5.56. The Morgan fingerprint density at radius 3 is 2.62 bits per heavy atom. The van der Waals surface area contributed by atoms with Crippen LogP contribution in [0.15, 0.2) is 6.20 Å². The highest BCUT2D eigenvalue weighted by molar-refractivity contribution is 5.45. The highest BCUT2D eigenvalue weighted by atomic mass is 16.3. The van der Waals surface area contributed by atoms with Crippen molar-refractivity contribution in [3.8, 4) is 0 Å². The molecule has 0 aromatic carbocycles. The van der Waals surface area contributed by atoms with E-state index in [9.17, 15) is 5.11 Å². The maximum Gasteiger partial charge on any atom is 0.221 e. The summed E-state index contributed by atoms with van der Waals surface area (Å²) in [6.45, 7) is 6.30. The fraction of sp³-hybridized carbons (Fsp3) is 0.636. The molecule has 5 heteroatoms. The molecular formula is C11H20N4O. The van der Waals surface area contributed by atoms with Gasteiger partial charge in [0.25, 0.3) is 0 Å². The van der Waals surface area contributed by atoms with E-state index in [1.165, 1.54) is 0 Å². The van der Waals surface area contributed by atoms with Gasteiger partial charge in [-0.25, -0.2) is 4.98 Å². The molecule has 1 aromatic heterocycles. The van der Waals surface area contributed by atoms with E-state index in [2.05, 4.69) is 15.3 Å². The van der Waals surface area contributed by atoms with Crippen LogP contribution < -0.4 is 11.1 Å². The van der Waals surface area contributed by atoms with Crippen LogP contribution in [0.5, 0.6) is 0 Å². The fourth-order valence-electron chi connectivity index (χ4n) is 1.38. The number of anilines is 2. The molecule has 0 unspecified atom stereocenters. The number of nitrogens with two attached hydrogens (primary N) is 1. The van der Waals surface area contributed by atoms with Gasteiger partial charge in [0.15, 0.2) is 0 Å². The molecule has 0 amide bonds. The molecule has 5 nitrogen and oxygen atoms in total. The molecule has 0 radical (unpaired) electrons. The first-order valence-electron chi connectivity index (χ1n) is 5.56. The molecular weight excluding hydrogens is 204 g/mol. The quantitative estimate of drug-likeness (QED) is 0.702. The Hall–Kier alpha value is -1.36. The second-order valence-corrected chi connectivity index (χ2v) is 4.04. The zero-order valence-electron chi connectivity index (χ0n) is 10.1. The molecule has 90 valence electrons. The summed E-state index contributed by atoms with van der Waals surface area (Å²) in [6, 6.07) is 0. The minimum absolute atomic E-state index is 0.240. The minimum atomic E-state index is -0.688. The number of hydrogen-bond donors (Lipinski definition) is 3. The van der Waals surface area contributed by atoms with Crippen molar-refractivity contribution in [2.75, 3.05) is 17.6 Å². The smallest absolute Gasteiger partial charge is 0.221 e. The van der Waals surface area contributed by atoms with Crippen LogP contribution in [-0.2, 0) is 0 Å². The number of nitrogen functional groups attached to an aromatic ring is 1. The molecule has 0 aliphatic carbocycles. The lowest BCUT2D eigenvalue weighted by molar-refractivity contribution is 0.0456. The van der Waals surface area contributed by atoms with E-state index in [0.717, 1.165) is 5.56 Å². The highest BCUT2D eigenvalue weighted by Crippen LogP contribution is 2.17. The van der Waals surface area contributed by atoms with E-state index in [-0.39, 0.29) is 5.95 Å². The molecule has 0 spiro atoms. The van der Waals surface area contributed by atoms with Gasteiger partial charge in [-0.15, -0.1) is 0 Å². The van der Waals surface area contributed by atoms with Crippen molar-refractivity contribution < 1.29 is 5.11 Å². The Morgan fingerprint density at radius 1 is 1.44 bits per heavy atom. The van der Waals surface area contributed by atoms with Crippen molar-refractivity contribution in [2.45, 2.75) is 39.2 Å². The van der Waals surface area contributed by atoms with E-state index in [0.29, 0.717) is 25.2 Å². The zero-order chi connectivity index (χ0) is 12.2. The fourth-order valence-corrected chi connectivity index (χ4v) is 1.38. The van der Waals surface area contributed by atoms with Gasteiger partial charge in [0.1, 0.15) is 5.82 Å². The Morgan fingerprint density at radius 2 is 2.06 bits per heavy atom. The molecule has 0 bridgehead atoms. The predicted octanol–water partition coefficient (Wildman–Crippen LogP) is 1.33. The van der Waals surface area contributed by atoms with E-state index < -0.39 is 5.60 Å². The summed E-state index contributed by atoms with van der Waals surface area (Å²) in [7, 11) is 0. The number of nitrogens with one attached hydrogen (secondary N) is 1. The van der Waals surface area contributed by atoms with Crippen LogP contribution in [0, 0.1) is 6.92 Å². The second-order valence-electron chi connectivity index (χ2n) is 4.04. The van der Waals surface area contributed by atoms with Crippen LogP contribution in [0.2, 0.25) is 0 Å². The molecule has 0 aliphatic heterocycles. The standard InChI is InChI=1S/C11H20N4O/c1-4-11(16,5-2)7-14-9-8(3)6-13-10(12)15-9/h6,16H,4-5,7H2,1-3H3,(H3,12,13,14,15). The summed E-state index contributed by atoms with van der Waals surface area (Å²) in [6.07, 6.45) is 3.08. The molecule has 0 fully saturated rings. The molecule has 16 heavy (non-hydrogen) atoms. The number of rotatable bonds is 5. The Balaban J connectivity index is 2.70. The summed E-state index contributed by atoms with van der Waals surface area (Å²) in [4.78, 5) is 7.98. The van der Waals surface area contributed by atoms with Gasteiger partial charge in [-0.3, -0.25) is 0 Å². The van der Waals surface area contributed by atoms with Crippen molar-refractivity contribution in [2.24, 2.45) is 0 Å². The maximum absolute atomic E-state index is 10.1. The molecule has 0 saturated heterocycles. The van der Waals surface area contributed by atoms with Crippen molar-refractivity contribution in [1.29, 1.82) is 0 Å². The van der Waals surface area contributed by atoms with Crippen LogP contribution in [0.1, 0.15) is 32.3 Å². The lowest BCUT2D eigenvalue weighted by Gasteiger charge is -2.26. The zero-order valence-corrected chi connectivity index (χ0v) is 10.1. The monoisotopic (exact) mass is 224 g/mol. The lowest BCUT2D eigenvalue weighted by Crippen LogP contribution is -2.35. The van der Waals surface area contributed by atoms with Crippen LogP contribution in [0.25, 0.3) is 0 Å². The summed E-state index contributed by atoms with van der Waals surface area (Å²) >= 11 is 0. The largest absolute Gasteiger partial charge is 0.388 e. The van der Waals surface area contributed by atoms with Gasteiger partial charge in [0.2, 0.25) is 5.95 Å². The average molecular weight is 224 g/mol. The third kappa shape index (κ3) is 3.06. The predicted molar refractivity (Wildman–Crippen MR) is 65.2 cm³/mol. The van der Waals surface area contributed by atoms with Gasteiger partial charge < -0.3 is 16.2 Å². The van der Waals surface area contributed by atoms with E-state index >= 15 is 0 Å². The second kappa shape index (κ2) is 5.12. The number of aromatic nitrogens is 2. The molecule has 0 saturated carbocycles. The normalized spacial score (nSPS) is 11.5. The molecule has 1 rings (SSSR count). The average Bonchev–Trinajstić information content (AvgIpc) is 2.30. The van der Waals surface area contributed by atoms with Gasteiger partial charge in [-0.1, -0.05) is 13.8 Å². The summed E-state index contributed by atoms with van der Waals surface area (Å²) < 4.78 is 0. The topological polar surface area (TPSA) is 84.1 Å². The number of hydrogen-bond acceptors (Lipinski definition) is 5. The van der Waals surface area contributed by atoms with Crippen LogP contribution in [0.3, 0.4) is 0 Å². The summed E-state index contributed by atoms with van der Waals surface area (Å²) in [5, 5.41) is 13.2. The number of aryl methyl sites for hydroxylation is 1. The Labute approximate surface area is 96.1 Å². The number of aliphatic hydroxyl groups is 1. The van der Waals surface area contributed by atoms with Crippen molar-refractivity contribution in [3.05, 3.63) is 11.8 Å². The summed E-state index contributed by atoms with van der Waals surface area (Å²) in [5.74, 6) is 0.928. The third-order valence-corrected chi connectivity index (χ3v) is 2.89. The Bertz CT molecular complexity index is 350. The van der Waals surface area contributed by atoms with E-state index in [4.69, 9.17) is 5.73 Å². The SMILES string of the molecule is CCC(O)(CC)CNc1nc(N)ncc1C. The van der Waals surface area contributed by atoms with Crippen molar-refractivity contribution in [3.63, 3.8) is 0 Å². The van der Waals surface area contributed by atoms with Gasteiger partial charge >= 0.3 is 0 Å². The maximum atomic E-state index is 10.1. The summed E-state index contributed by atoms with van der Waals surface area (Å²) in [5.41, 5.74) is 5.74. The van der Waals surface area contributed by atoms with Crippen LogP contribution >= 0.6 is 0 Å². The van der Waals surface area contributed by atoms with Crippen molar-refractivity contribution in [1.82, 2.24) is 9.97 Å². The van der Waals surface area contributed by atoms with Crippen LogP contribution in [0.4, 0.5) is 11.8 Å². The molecule has 1 aromatic rings. The third-order valence-electron chi connectivity index (χ3n) is 2.89. The van der Waals surface area contributed by atoms with Crippen LogP contribution in [-0.4, -0.2) is 27.2 Å². The van der Waals surface area contributed by atoms with Gasteiger partial charge in [0, 0.05) is 18.3 Å². The number of nitrogens with zero attached hydrogens (tertiary/aromatic N) is 2.